The molecule has 1 atom stereocenters. The summed E-state index contributed by atoms with van der Waals surface area (Å²) in [6.45, 7) is 1.96. The van der Waals surface area contributed by atoms with Crippen LogP contribution in [0.4, 0.5) is 0 Å². The molecule has 4 rings (SSSR count). The zero-order chi connectivity index (χ0) is 21.0. The minimum absolute atomic E-state index is 0.628. The summed E-state index contributed by atoms with van der Waals surface area (Å²) in [6, 6.07) is 29.0. The first-order valence-corrected chi connectivity index (χ1v) is 11.8. The largest absolute Gasteiger partial charge is 0.307 e. The van der Waals surface area contributed by atoms with E-state index in [4.69, 9.17) is 11.6 Å². The van der Waals surface area contributed by atoms with Gasteiger partial charge in [0.15, 0.2) is 7.14 Å². The smallest absolute Gasteiger partial charge is 0.189 e. The van der Waals surface area contributed by atoms with Crippen LogP contribution < -0.4 is 16.0 Å². The molecule has 0 saturated heterocycles. The SMILES string of the molecule is Cc1cccnc1P(=O)(c1ccccc1)c1ccccc1C=Cc1ccc(Cl)cc1. The van der Waals surface area contributed by atoms with Gasteiger partial charge in [0.05, 0.1) is 0 Å². The van der Waals surface area contributed by atoms with Gasteiger partial charge in [-0.05, 0) is 41.8 Å². The maximum absolute atomic E-state index is 14.8. The molecule has 0 bridgehead atoms. The summed E-state index contributed by atoms with van der Waals surface area (Å²) >= 11 is 6.00. The lowest BCUT2D eigenvalue weighted by Gasteiger charge is -2.22. The Kier molecular flexibility index (Phi) is 5.99. The zero-order valence-electron chi connectivity index (χ0n) is 16.6. The van der Waals surface area contributed by atoms with E-state index in [0.717, 1.165) is 27.3 Å². The second-order valence-electron chi connectivity index (χ2n) is 7.03. The highest BCUT2D eigenvalue weighted by atomic mass is 35.5. The number of pyridine rings is 1. The fourth-order valence-electron chi connectivity index (χ4n) is 3.50. The Balaban J connectivity index is 1.90. The van der Waals surface area contributed by atoms with E-state index in [0.29, 0.717) is 10.5 Å². The Morgan fingerprint density at radius 1 is 0.800 bits per heavy atom. The maximum atomic E-state index is 14.8. The van der Waals surface area contributed by atoms with Crippen LogP contribution in [0.5, 0.6) is 0 Å². The third kappa shape index (κ3) is 4.03. The molecule has 0 saturated carbocycles. The molecule has 0 fully saturated rings. The molecule has 0 spiro atoms. The number of hydrogen-bond donors (Lipinski definition) is 0. The third-order valence-electron chi connectivity index (χ3n) is 5.00. The Bertz CT molecular complexity index is 1230. The lowest BCUT2D eigenvalue weighted by Crippen LogP contribution is -2.29. The molecule has 1 unspecified atom stereocenters. The molecule has 0 amide bonds. The number of benzene rings is 3. The van der Waals surface area contributed by atoms with Crippen molar-refractivity contribution in [1.29, 1.82) is 0 Å². The summed E-state index contributed by atoms with van der Waals surface area (Å²) in [5, 5.41) is 2.26. The normalized spacial score (nSPS) is 13.3. The molecular formula is C26H21ClNOP. The highest BCUT2D eigenvalue weighted by molar-refractivity contribution is 7.85. The van der Waals surface area contributed by atoms with E-state index < -0.39 is 7.14 Å². The number of aryl methyl sites for hydroxylation is 1. The molecule has 1 aromatic heterocycles. The molecule has 4 aromatic rings. The van der Waals surface area contributed by atoms with Crippen molar-refractivity contribution < 1.29 is 4.57 Å². The van der Waals surface area contributed by atoms with Crippen LogP contribution in [0.2, 0.25) is 5.02 Å². The summed E-state index contributed by atoms with van der Waals surface area (Å²) in [5.74, 6) is 0. The first kappa shape index (κ1) is 20.3. The van der Waals surface area contributed by atoms with Crippen LogP contribution in [0, 0.1) is 6.92 Å². The quantitative estimate of drug-likeness (QED) is 0.294. The first-order chi connectivity index (χ1) is 14.6. The Labute approximate surface area is 182 Å². The summed E-state index contributed by atoms with van der Waals surface area (Å²) < 4.78 is 14.8. The topological polar surface area (TPSA) is 30.0 Å². The van der Waals surface area contributed by atoms with E-state index in [2.05, 4.69) is 4.98 Å². The molecule has 0 radical (unpaired) electrons. The average Bonchev–Trinajstić information content (AvgIpc) is 2.79. The highest BCUT2D eigenvalue weighted by Gasteiger charge is 2.33. The lowest BCUT2D eigenvalue weighted by atomic mass is 10.1. The van der Waals surface area contributed by atoms with E-state index in [9.17, 15) is 4.57 Å². The van der Waals surface area contributed by atoms with Crippen molar-refractivity contribution in [1.82, 2.24) is 4.98 Å². The molecule has 1 heterocycles. The van der Waals surface area contributed by atoms with Crippen molar-refractivity contribution >= 4 is 46.9 Å². The van der Waals surface area contributed by atoms with E-state index in [-0.39, 0.29) is 0 Å². The number of halogens is 1. The van der Waals surface area contributed by atoms with Crippen LogP contribution in [0.3, 0.4) is 0 Å². The van der Waals surface area contributed by atoms with Crippen LogP contribution in [-0.4, -0.2) is 4.98 Å². The van der Waals surface area contributed by atoms with Crippen LogP contribution in [0.1, 0.15) is 16.7 Å². The molecule has 148 valence electrons. The van der Waals surface area contributed by atoms with Gasteiger partial charge in [0, 0.05) is 21.8 Å². The van der Waals surface area contributed by atoms with Crippen molar-refractivity contribution in [2.75, 3.05) is 0 Å². The highest BCUT2D eigenvalue weighted by Crippen LogP contribution is 2.43. The number of nitrogens with zero attached hydrogens (tertiary/aromatic N) is 1. The van der Waals surface area contributed by atoms with E-state index in [1.807, 2.05) is 110 Å². The van der Waals surface area contributed by atoms with Gasteiger partial charge in [-0.25, -0.2) is 0 Å². The van der Waals surface area contributed by atoms with E-state index in [1.54, 1.807) is 6.20 Å². The van der Waals surface area contributed by atoms with E-state index in [1.165, 1.54) is 0 Å². The van der Waals surface area contributed by atoms with Gasteiger partial charge in [0.25, 0.3) is 0 Å². The van der Waals surface area contributed by atoms with Crippen LogP contribution in [0.15, 0.2) is 97.2 Å². The molecule has 0 aliphatic rings. The Morgan fingerprint density at radius 3 is 2.23 bits per heavy atom. The maximum Gasteiger partial charge on any atom is 0.189 e. The summed E-state index contributed by atoms with van der Waals surface area (Å²) in [6.07, 6.45) is 5.73. The monoisotopic (exact) mass is 429 g/mol. The molecule has 0 N–H and O–H groups in total. The molecule has 30 heavy (non-hydrogen) atoms. The first-order valence-electron chi connectivity index (χ1n) is 9.70. The van der Waals surface area contributed by atoms with Gasteiger partial charge in [-0.3, -0.25) is 4.98 Å². The van der Waals surface area contributed by atoms with Gasteiger partial charge in [-0.15, -0.1) is 0 Å². The molecule has 4 heteroatoms. The Hall–Kier alpha value is -2.93. The second-order valence-corrected chi connectivity index (χ2v) is 10.1. The van der Waals surface area contributed by atoms with Crippen molar-refractivity contribution in [3.63, 3.8) is 0 Å². The van der Waals surface area contributed by atoms with Crippen molar-refractivity contribution in [3.05, 3.63) is 119 Å². The number of aromatic nitrogens is 1. The standard InChI is InChI=1S/C26H21ClNOP/c1-20-8-7-19-28-26(20)30(29,24-10-3-2-4-11-24)25-12-6-5-9-22(25)16-13-21-14-17-23(27)18-15-21/h2-19H,1H3. The molecular weight excluding hydrogens is 409 g/mol. The van der Waals surface area contributed by atoms with Gasteiger partial charge in [0.1, 0.15) is 5.44 Å². The van der Waals surface area contributed by atoms with Gasteiger partial charge in [0.2, 0.25) is 0 Å². The van der Waals surface area contributed by atoms with Crippen LogP contribution in [-0.2, 0) is 4.57 Å². The lowest BCUT2D eigenvalue weighted by molar-refractivity contribution is 0.592. The van der Waals surface area contributed by atoms with E-state index >= 15 is 0 Å². The van der Waals surface area contributed by atoms with Crippen molar-refractivity contribution in [2.24, 2.45) is 0 Å². The zero-order valence-corrected chi connectivity index (χ0v) is 18.2. The van der Waals surface area contributed by atoms with Crippen molar-refractivity contribution in [3.8, 4) is 0 Å². The minimum Gasteiger partial charge on any atom is -0.307 e. The van der Waals surface area contributed by atoms with Crippen molar-refractivity contribution in [2.45, 2.75) is 6.92 Å². The molecule has 3 aromatic carbocycles. The fourth-order valence-corrected chi connectivity index (χ4v) is 6.57. The average molecular weight is 430 g/mol. The van der Waals surface area contributed by atoms with Crippen LogP contribution >= 0.6 is 18.7 Å². The number of rotatable bonds is 5. The molecule has 0 aliphatic heterocycles. The van der Waals surface area contributed by atoms with Gasteiger partial charge < -0.3 is 4.57 Å². The van der Waals surface area contributed by atoms with Crippen LogP contribution in [0.25, 0.3) is 12.2 Å². The predicted octanol–water partition coefficient (Wildman–Crippen LogP) is 5.85. The third-order valence-corrected chi connectivity index (χ3v) is 8.43. The summed E-state index contributed by atoms with van der Waals surface area (Å²) in [4.78, 5) is 4.57. The Morgan fingerprint density at radius 2 is 1.50 bits per heavy atom. The summed E-state index contributed by atoms with van der Waals surface area (Å²) in [5.41, 5.74) is 3.48. The van der Waals surface area contributed by atoms with Gasteiger partial charge in [-0.1, -0.05) is 96.5 Å². The predicted molar refractivity (Wildman–Crippen MR) is 129 cm³/mol. The molecule has 0 aliphatic carbocycles. The fraction of sp³-hybridized carbons (Fsp3) is 0.0385. The molecule has 2 nitrogen and oxygen atoms in total. The summed E-state index contributed by atoms with van der Waals surface area (Å²) in [7, 11) is -3.16. The van der Waals surface area contributed by atoms with Gasteiger partial charge in [-0.2, -0.15) is 0 Å². The number of hydrogen-bond acceptors (Lipinski definition) is 2. The van der Waals surface area contributed by atoms with Gasteiger partial charge >= 0.3 is 0 Å². The second kappa shape index (κ2) is 8.83. The minimum atomic E-state index is -3.16.